The number of hydrogen-bond acceptors (Lipinski definition) is 3. The monoisotopic (exact) mass is 341 g/mol. The van der Waals surface area contributed by atoms with Gasteiger partial charge in [0.1, 0.15) is 16.7 Å². The third-order valence-corrected chi connectivity index (χ3v) is 3.14. The summed E-state index contributed by atoms with van der Waals surface area (Å²) in [6, 6.07) is 7.94. The summed E-state index contributed by atoms with van der Waals surface area (Å²) in [5.41, 5.74) is 2.18. The lowest BCUT2D eigenvalue weighted by Gasteiger charge is -2.08. The van der Waals surface area contributed by atoms with E-state index in [1.807, 2.05) is 25.1 Å². The molecule has 0 spiro atoms. The fourth-order valence-corrected chi connectivity index (χ4v) is 1.93. The third-order valence-electron chi connectivity index (χ3n) is 2.02. The van der Waals surface area contributed by atoms with E-state index in [1.54, 1.807) is 0 Å². The van der Waals surface area contributed by atoms with Crippen molar-refractivity contribution in [2.75, 3.05) is 5.32 Å². The van der Waals surface area contributed by atoms with Gasteiger partial charge in [-0.05, 0) is 56.5 Å². The van der Waals surface area contributed by atoms with Gasteiger partial charge >= 0.3 is 0 Å². The van der Waals surface area contributed by atoms with Crippen LogP contribution in [0.1, 0.15) is 5.56 Å². The predicted octanol–water partition coefficient (Wildman–Crippen LogP) is 4.05. The number of nitrogens with one attached hydrogen (secondary N) is 1. The Bertz CT molecular complexity index is 514. The van der Waals surface area contributed by atoms with Crippen LogP contribution >= 0.6 is 31.9 Å². The molecule has 2 aromatic rings. The molecular weight excluding hydrogens is 334 g/mol. The van der Waals surface area contributed by atoms with Crippen molar-refractivity contribution in [1.29, 1.82) is 0 Å². The quantitative estimate of drug-likeness (QED) is 0.836. The summed E-state index contributed by atoms with van der Waals surface area (Å²) >= 11 is 6.79. The molecule has 1 aromatic heterocycles. The number of anilines is 2. The van der Waals surface area contributed by atoms with Crippen molar-refractivity contribution in [2.24, 2.45) is 0 Å². The predicted molar refractivity (Wildman–Crippen MR) is 71.9 cm³/mol. The lowest BCUT2D eigenvalue weighted by Crippen LogP contribution is -1.95. The molecule has 0 radical (unpaired) electrons. The van der Waals surface area contributed by atoms with Crippen LogP contribution < -0.4 is 5.32 Å². The lowest BCUT2D eigenvalue weighted by molar-refractivity contribution is 1.14. The summed E-state index contributed by atoms with van der Waals surface area (Å²) in [6.45, 7) is 2.05. The zero-order valence-electron chi connectivity index (χ0n) is 8.54. The highest BCUT2D eigenvalue weighted by atomic mass is 79.9. The molecule has 0 aliphatic carbocycles. The van der Waals surface area contributed by atoms with Crippen LogP contribution in [0.25, 0.3) is 0 Å². The molecule has 0 unspecified atom stereocenters. The van der Waals surface area contributed by atoms with Crippen LogP contribution in [0.5, 0.6) is 0 Å². The molecule has 3 nitrogen and oxygen atoms in total. The van der Waals surface area contributed by atoms with Gasteiger partial charge in [-0.25, -0.2) is 9.97 Å². The molecule has 1 aromatic carbocycles. The van der Waals surface area contributed by atoms with E-state index in [9.17, 15) is 0 Å². The summed E-state index contributed by atoms with van der Waals surface area (Å²) in [5.74, 6) is 0.758. The van der Waals surface area contributed by atoms with Crippen LogP contribution in [0, 0.1) is 6.92 Å². The maximum absolute atomic E-state index is 4.13. The van der Waals surface area contributed by atoms with Gasteiger partial charge in [0.2, 0.25) is 0 Å². The molecule has 1 N–H and O–H groups in total. The molecule has 5 heteroatoms. The molecule has 0 saturated carbocycles. The van der Waals surface area contributed by atoms with E-state index in [1.165, 1.54) is 11.9 Å². The van der Waals surface area contributed by atoms with Gasteiger partial charge in [-0.1, -0.05) is 6.07 Å². The number of aromatic nitrogens is 2. The first-order chi connectivity index (χ1) is 7.65. The molecule has 16 heavy (non-hydrogen) atoms. The average Bonchev–Trinajstić information content (AvgIpc) is 2.24. The second kappa shape index (κ2) is 4.93. The highest BCUT2D eigenvalue weighted by Crippen LogP contribution is 2.26. The van der Waals surface area contributed by atoms with Gasteiger partial charge in [0.15, 0.2) is 0 Å². The smallest absolute Gasteiger partial charge is 0.134 e. The summed E-state index contributed by atoms with van der Waals surface area (Å²) in [7, 11) is 0. The van der Waals surface area contributed by atoms with Crippen molar-refractivity contribution in [3.8, 4) is 0 Å². The van der Waals surface area contributed by atoms with E-state index in [0.717, 1.165) is 20.6 Å². The molecule has 0 amide bonds. The maximum atomic E-state index is 4.13. The zero-order chi connectivity index (χ0) is 11.5. The van der Waals surface area contributed by atoms with E-state index in [-0.39, 0.29) is 0 Å². The van der Waals surface area contributed by atoms with Gasteiger partial charge in [-0.3, -0.25) is 0 Å². The molecule has 0 aliphatic rings. The minimum atomic E-state index is 0.758. The Morgan fingerprint density at radius 1 is 1.12 bits per heavy atom. The van der Waals surface area contributed by atoms with E-state index >= 15 is 0 Å². The number of hydrogen-bond donors (Lipinski definition) is 1. The molecule has 82 valence electrons. The van der Waals surface area contributed by atoms with Gasteiger partial charge in [0.25, 0.3) is 0 Å². The normalized spacial score (nSPS) is 10.2. The number of benzene rings is 1. The van der Waals surface area contributed by atoms with Gasteiger partial charge in [0, 0.05) is 10.5 Å². The molecule has 2 rings (SSSR count). The van der Waals surface area contributed by atoms with E-state index in [0.29, 0.717) is 0 Å². The Labute approximate surface area is 111 Å². The minimum Gasteiger partial charge on any atom is -0.339 e. The fraction of sp³-hybridized carbons (Fsp3) is 0.0909. The van der Waals surface area contributed by atoms with Crippen molar-refractivity contribution in [3.63, 3.8) is 0 Å². The average molecular weight is 343 g/mol. The van der Waals surface area contributed by atoms with E-state index in [4.69, 9.17) is 0 Å². The Hall–Kier alpha value is -0.940. The SMILES string of the molecule is Cc1ccc(Br)c(Nc2cc(Br)ncn2)c1. The van der Waals surface area contributed by atoms with Gasteiger partial charge in [0.05, 0.1) is 5.69 Å². The van der Waals surface area contributed by atoms with Crippen molar-refractivity contribution in [3.05, 3.63) is 45.2 Å². The van der Waals surface area contributed by atoms with E-state index in [2.05, 4.69) is 53.2 Å². The first kappa shape index (κ1) is 11.5. The Morgan fingerprint density at radius 3 is 2.69 bits per heavy atom. The zero-order valence-corrected chi connectivity index (χ0v) is 11.7. The number of nitrogens with zero attached hydrogens (tertiary/aromatic N) is 2. The lowest BCUT2D eigenvalue weighted by atomic mass is 10.2. The number of rotatable bonds is 2. The van der Waals surface area contributed by atoms with Crippen molar-refractivity contribution in [2.45, 2.75) is 6.92 Å². The van der Waals surface area contributed by atoms with Crippen LogP contribution in [0.2, 0.25) is 0 Å². The molecule has 0 saturated heterocycles. The first-order valence-electron chi connectivity index (χ1n) is 4.66. The Balaban J connectivity index is 2.30. The minimum absolute atomic E-state index is 0.758. The summed E-state index contributed by atoms with van der Waals surface area (Å²) in [4.78, 5) is 8.11. The largest absolute Gasteiger partial charge is 0.339 e. The summed E-state index contributed by atoms with van der Waals surface area (Å²) in [5, 5.41) is 3.23. The van der Waals surface area contributed by atoms with Crippen LogP contribution in [0.15, 0.2) is 39.7 Å². The molecule has 0 aliphatic heterocycles. The van der Waals surface area contributed by atoms with Crippen LogP contribution in [0.4, 0.5) is 11.5 Å². The number of halogens is 2. The van der Waals surface area contributed by atoms with Crippen molar-refractivity contribution < 1.29 is 0 Å². The van der Waals surface area contributed by atoms with Gasteiger partial charge < -0.3 is 5.32 Å². The molecule has 0 fully saturated rings. The first-order valence-corrected chi connectivity index (χ1v) is 6.24. The maximum Gasteiger partial charge on any atom is 0.134 e. The molecule has 1 heterocycles. The fourth-order valence-electron chi connectivity index (χ4n) is 1.27. The second-order valence-electron chi connectivity index (χ2n) is 3.33. The Morgan fingerprint density at radius 2 is 1.94 bits per heavy atom. The summed E-state index contributed by atoms with van der Waals surface area (Å²) < 4.78 is 1.77. The highest BCUT2D eigenvalue weighted by Gasteiger charge is 2.02. The summed E-state index contributed by atoms with van der Waals surface area (Å²) in [6.07, 6.45) is 1.51. The van der Waals surface area contributed by atoms with Crippen LogP contribution in [-0.2, 0) is 0 Å². The third kappa shape index (κ3) is 2.80. The molecule has 0 atom stereocenters. The molecule has 0 bridgehead atoms. The van der Waals surface area contributed by atoms with Crippen LogP contribution in [-0.4, -0.2) is 9.97 Å². The van der Waals surface area contributed by atoms with Crippen molar-refractivity contribution >= 4 is 43.4 Å². The topological polar surface area (TPSA) is 37.8 Å². The highest BCUT2D eigenvalue weighted by molar-refractivity contribution is 9.10. The van der Waals surface area contributed by atoms with Crippen LogP contribution in [0.3, 0.4) is 0 Å². The molecular formula is C11H9Br2N3. The standard InChI is InChI=1S/C11H9Br2N3/c1-7-2-3-8(12)9(4-7)16-11-5-10(13)14-6-15-11/h2-6H,1H3,(H,14,15,16). The van der Waals surface area contributed by atoms with E-state index < -0.39 is 0 Å². The van der Waals surface area contributed by atoms with Gasteiger partial charge in [-0.2, -0.15) is 0 Å². The van der Waals surface area contributed by atoms with Crippen molar-refractivity contribution in [1.82, 2.24) is 9.97 Å². The number of aryl methyl sites for hydroxylation is 1. The Kier molecular flexibility index (Phi) is 3.56. The second-order valence-corrected chi connectivity index (χ2v) is 5.00. The van der Waals surface area contributed by atoms with Gasteiger partial charge in [-0.15, -0.1) is 0 Å².